The summed E-state index contributed by atoms with van der Waals surface area (Å²) in [7, 11) is 0. The Morgan fingerprint density at radius 2 is 1.36 bits per heavy atom. The highest BCUT2D eigenvalue weighted by Crippen LogP contribution is 2.14. The smallest absolute Gasteiger partial charge is 0.252 e. The highest BCUT2D eigenvalue weighted by molar-refractivity contribution is 6.04. The summed E-state index contributed by atoms with van der Waals surface area (Å²) in [6, 6.07) is 0. The van der Waals surface area contributed by atoms with Crippen LogP contribution in [0, 0.1) is 5.92 Å². The van der Waals surface area contributed by atoms with Crippen molar-refractivity contribution >= 4 is 11.8 Å². The van der Waals surface area contributed by atoms with Crippen LogP contribution in [0.3, 0.4) is 0 Å². The minimum Gasteiger partial charge on any atom is -0.292 e. The van der Waals surface area contributed by atoms with Gasteiger partial charge in [0.25, 0.3) is 5.91 Å². The van der Waals surface area contributed by atoms with Crippen LogP contribution in [0.5, 0.6) is 0 Å². The van der Waals surface area contributed by atoms with Crippen molar-refractivity contribution in [2.45, 2.75) is 91.4 Å². The predicted molar refractivity (Wildman–Crippen MR) is 93.6 cm³/mol. The van der Waals surface area contributed by atoms with Gasteiger partial charge in [-0.05, 0) is 13.3 Å². The summed E-state index contributed by atoms with van der Waals surface area (Å²) < 4.78 is 0. The Hall–Kier alpha value is -1.12. The molecule has 0 aromatic heterocycles. The second-order valence-electron chi connectivity index (χ2n) is 6.47. The number of hydrogen-bond donors (Lipinski definition) is 1. The molecule has 22 heavy (non-hydrogen) atoms. The molecule has 0 aliphatic heterocycles. The summed E-state index contributed by atoms with van der Waals surface area (Å²) in [5.74, 6) is -0.638. The van der Waals surface area contributed by atoms with Crippen molar-refractivity contribution in [3.05, 3.63) is 12.2 Å². The van der Waals surface area contributed by atoms with Crippen molar-refractivity contribution in [2.24, 2.45) is 5.92 Å². The van der Waals surface area contributed by atoms with E-state index in [0.29, 0.717) is 5.57 Å². The number of carbonyl (C=O) groups is 2. The van der Waals surface area contributed by atoms with E-state index in [1.54, 1.807) is 6.92 Å². The maximum absolute atomic E-state index is 11.8. The molecule has 0 bridgehead atoms. The Labute approximate surface area is 136 Å². The van der Waals surface area contributed by atoms with Gasteiger partial charge in [0.1, 0.15) is 0 Å². The molecule has 1 atom stereocenters. The highest BCUT2D eigenvalue weighted by Gasteiger charge is 2.15. The molecule has 0 saturated carbocycles. The monoisotopic (exact) mass is 309 g/mol. The molecular weight excluding hydrogens is 274 g/mol. The lowest BCUT2D eigenvalue weighted by molar-refractivity contribution is -0.130. The molecule has 0 spiro atoms. The average molecular weight is 309 g/mol. The van der Waals surface area contributed by atoms with E-state index in [1.807, 2.05) is 6.92 Å². The Morgan fingerprint density at radius 1 is 0.909 bits per heavy atom. The number of unbranched alkanes of at least 4 members (excludes halogenated alkanes) is 9. The van der Waals surface area contributed by atoms with Crippen LogP contribution in [0.1, 0.15) is 91.4 Å². The molecule has 0 aromatic rings. The van der Waals surface area contributed by atoms with Gasteiger partial charge in [0, 0.05) is 11.5 Å². The van der Waals surface area contributed by atoms with E-state index in [2.05, 4.69) is 18.8 Å². The Kier molecular flexibility index (Phi) is 12.8. The van der Waals surface area contributed by atoms with Crippen LogP contribution in [0.25, 0.3) is 0 Å². The topological polar surface area (TPSA) is 46.2 Å². The van der Waals surface area contributed by atoms with Crippen LogP contribution in [-0.4, -0.2) is 11.8 Å². The molecule has 0 heterocycles. The SMILES string of the molecule is C=C(C)C(=O)NC(=O)C(C)CCCCCCCCCCCC. The predicted octanol–water partition coefficient (Wildman–Crippen LogP) is 5.15. The van der Waals surface area contributed by atoms with Crippen molar-refractivity contribution in [2.75, 3.05) is 0 Å². The Balaban J connectivity index is 3.48. The van der Waals surface area contributed by atoms with Crippen LogP contribution in [0.4, 0.5) is 0 Å². The molecular formula is C19H35NO2. The van der Waals surface area contributed by atoms with Gasteiger partial charge in [-0.25, -0.2) is 0 Å². The van der Waals surface area contributed by atoms with Crippen LogP contribution >= 0.6 is 0 Å². The Morgan fingerprint density at radius 3 is 1.82 bits per heavy atom. The summed E-state index contributed by atoms with van der Waals surface area (Å²) in [4.78, 5) is 23.1. The van der Waals surface area contributed by atoms with E-state index in [1.165, 1.54) is 57.8 Å². The summed E-state index contributed by atoms with van der Waals surface area (Å²) in [6.45, 7) is 9.27. The fourth-order valence-corrected chi connectivity index (χ4v) is 2.41. The summed E-state index contributed by atoms with van der Waals surface area (Å²) in [5.41, 5.74) is 0.375. The number of imide groups is 1. The second-order valence-corrected chi connectivity index (χ2v) is 6.47. The van der Waals surface area contributed by atoms with Crippen molar-refractivity contribution in [3.63, 3.8) is 0 Å². The molecule has 0 aliphatic carbocycles. The summed E-state index contributed by atoms with van der Waals surface area (Å²) in [6.07, 6.45) is 13.8. The van der Waals surface area contributed by atoms with Gasteiger partial charge >= 0.3 is 0 Å². The lowest BCUT2D eigenvalue weighted by Crippen LogP contribution is -2.34. The minimum absolute atomic E-state index is 0.0997. The van der Waals surface area contributed by atoms with E-state index < -0.39 is 0 Å². The first kappa shape index (κ1) is 20.9. The first-order valence-electron chi connectivity index (χ1n) is 8.99. The molecule has 0 rings (SSSR count). The number of nitrogens with one attached hydrogen (secondary N) is 1. The van der Waals surface area contributed by atoms with Gasteiger partial charge in [-0.2, -0.15) is 0 Å². The molecule has 0 aliphatic rings. The molecule has 0 aromatic carbocycles. The molecule has 3 heteroatoms. The van der Waals surface area contributed by atoms with Gasteiger partial charge in [0.2, 0.25) is 5.91 Å². The highest BCUT2D eigenvalue weighted by atomic mass is 16.2. The molecule has 0 fully saturated rings. The zero-order chi connectivity index (χ0) is 16.8. The van der Waals surface area contributed by atoms with Gasteiger partial charge in [0.15, 0.2) is 0 Å². The van der Waals surface area contributed by atoms with Gasteiger partial charge < -0.3 is 0 Å². The van der Waals surface area contributed by atoms with E-state index >= 15 is 0 Å². The zero-order valence-electron chi connectivity index (χ0n) is 14.9. The summed E-state index contributed by atoms with van der Waals surface area (Å²) >= 11 is 0. The lowest BCUT2D eigenvalue weighted by Gasteiger charge is -2.11. The normalized spacial score (nSPS) is 12.0. The second kappa shape index (κ2) is 13.5. The van der Waals surface area contributed by atoms with E-state index in [9.17, 15) is 9.59 Å². The number of amides is 2. The van der Waals surface area contributed by atoms with Crippen molar-refractivity contribution in [1.82, 2.24) is 5.32 Å². The number of rotatable bonds is 13. The first-order valence-corrected chi connectivity index (χ1v) is 8.99. The van der Waals surface area contributed by atoms with Crippen LogP contribution in [0.15, 0.2) is 12.2 Å². The number of carbonyl (C=O) groups excluding carboxylic acids is 2. The summed E-state index contributed by atoms with van der Waals surface area (Å²) in [5, 5.41) is 2.39. The Bertz CT molecular complexity index is 336. The largest absolute Gasteiger partial charge is 0.292 e. The lowest BCUT2D eigenvalue weighted by atomic mass is 10.0. The molecule has 3 nitrogen and oxygen atoms in total. The molecule has 0 saturated heterocycles. The molecule has 1 unspecified atom stereocenters. The van der Waals surface area contributed by atoms with Gasteiger partial charge in [-0.1, -0.05) is 84.6 Å². The quantitative estimate of drug-likeness (QED) is 0.377. The molecule has 1 N–H and O–H groups in total. The van der Waals surface area contributed by atoms with E-state index in [4.69, 9.17) is 0 Å². The standard InChI is InChI=1S/C19H35NO2/c1-5-6-7-8-9-10-11-12-13-14-15-17(4)19(22)20-18(21)16(2)3/h17H,2,5-15H2,1,3-4H3,(H,20,21,22). The average Bonchev–Trinajstić information content (AvgIpc) is 2.48. The van der Waals surface area contributed by atoms with Gasteiger partial charge in [-0.3, -0.25) is 14.9 Å². The zero-order valence-corrected chi connectivity index (χ0v) is 14.9. The van der Waals surface area contributed by atoms with E-state index in [0.717, 1.165) is 12.8 Å². The maximum Gasteiger partial charge on any atom is 0.252 e. The fourth-order valence-electron chi connectivity index (χ4n) is 2.41. The fraction of sp³-hybridized carbons (Fsp3) is 0.789. The third-order valence-corrected chi connectivity index (χ3v) is 4.06. The van der Waals surface area contributed by atoms with Gasteiger partial charge in [0.05, 0.1) is 0 Å². The third-order valence-electron chi connectivity index (χ3n) is 4.06. The van der Waals surface area contributed by atoms with E-state index in [-0.39, 0.29) is 17.7 Å². The van der Waals surface area contributed by atoms with Crippen molar-refractivity contribution < 1.29 is 9.59 Å². The molecule has 0 radical (unpaired) electrons. The van der Waals surface area contributed by atoms with Crippen LogP contribution < -0.4 is 5.32 Å². The maximum atomic E-state index is 11.8. The van der Waals surface area contributed by atoms with Crippen molar-refractivity contribution in [3.8, 4) is 0 Å². The number of hydrogen-bond acceptors (Lipinski definition) is 2. The van der Waals surface area contributed by atoms with Gasteiger partial charge in [-0.15, -0.1) is 0 Å². The first-order chi connectivity index (χ1) is 10.5. The third kappa shape index (κ3) is 11.5. The minimum atomic E-state index is -0.361. The van der Waals surface area contributed by atoms with Crippen LogP contribution in [-0.2, 0) is 9.59 Å². The van der Waals surface area contributed by atoms with Crippen molar-refractivity contribution in [1.29, 1.82) is 0 Å². The molecule has 128 valence electrons. The molecule has 2 amide bonds. The van der Waals surface area contributed by atoms with Crippen LogP contribution in [0.2, 0.25) is 0 Å².